The topological polar surface area (TPSA) is 194 Å². The van der Waals surface area contributed by atoms with Crippen molar-refractivity contribution in [3.63, 3.8) is 0 Å². The highest BCUT2D eigenvalue weighted by Crippen LogP contribution is 2.22. The number of hydrogen-bond acceptors (Lipinski definition) is 8. The van der Waals surface area contributed by atoms with E-state index in [2.05, 4.69) is 25.7 Å². The molecule has 1 aliphatic heterocycles. The minimum Gasteiger partial charge on any atom is -0.464 e. The second-order valence-corrected chi connectivity index (χ2v) is 7.30. The molecule has 4 rings (SSSR count). The van der Waals surface area contributed by atoms with Gasteiger partial charge in [-0.3, -0.25) is 19.7 Å². The van der Waals surface area contributed by atoms with Crippen LogP contribution in [0, 0.1) is 0 Å². The Morgan fingerprint density at radius 1 is 1.12 bits per heavy atom. The zero-order valence-corrected chi connectivity index (χ0v) is 17.6. The average Bonchev–Trinajstić information content (AvgIpc) is 3.42. The Bertz CT molecular complexity index is 1230. The molecule has 1 aliphatic rings. The fourth-order valence-corrected chi connectivity index (χ4v) is 3.50. The van der Waals surface area contributed by atoms with Crippen LogP contribution in [0.4, 0.5) is 15.4 Å². The van der Waals surface area contributed by atoms with Crippen molar-refractivity contribution in [2.45, 2.75) is 25.4 Å². The number of ether oxygens (including phenoxy) is 1. The molecule has 0 atom stereocenters. The largest absolute Gasteiger partial charge is 0.464 e. The molecule has 0 aliphatic carbocycles. The van der Waals surface area contributed by atoms with Crippen LogP contribution in [0.25, 0.3) is 11.2 Å². The number of carbonyl (C=O) groups excluding carboxylic acids is 2. The predicted octanol–water partition coefficient (Wildman–Crippen LogP) is 0.469. The number of imide groups is 1. The van der Waals surface area contributed by atoms with Gasteiger partial charge in [0.1, 0.15) is 18.6 Å². The van der Waals surface area contributed by atoms with Crippen LogP contribution in [0.15, 0.2) is 31.0 Å². The number of nitrogens with zero attached hydrogens (tertiary/aromatic N) is 6. The maximum Gasteiger partial charge on any atom is 0.422 e. The predicted molar refractivity (Wildman–Crippen MR) is 114 cm³/mol. The molecule has 4 heterocycles. The third-order valence-corrected chi connectivity index (χ3v) is 5.07. The molecule has 0 aromatic carbocycles. The van der Waals surface area contributed by atoms with Crippen molar-refractivity contribution < 1.29 is 34.1 Å². The Hall–Kier alpha value is -4.53. The summed E-state index contributed by atoms with van der Waals surface area (Å²) >= 11 is 0. The molecule has 0 radical (unpaired) electrons. The first kappa shape index (κ1) is 22.7. The molecule has 1 fully saturated rings. The second-order valence-electron chi connectivity index (χ2n) is 7.30. The van der Waals surface area contributed by atoms with Gasteiger partial charge in [0, 0.05) is 25.5 Å². The number of anilines is 1. The van der Waals surface area contributed by atoms with E-state index in [1.54, 1.807) is 12.1 Å². The number of fused-ring (bicyclic) bond motifs is 1. The molecular weight excluding hydrogens is 452 g/mol. The quantitative estimate of drug-likeness (QED) is 0.392. The molecule has 0 bridgehead atoms. The monoisotopic (exact) mass is 472 g/mol. The van der Waals surface area contributed by atoms with Crippen LogP contribution >= 0.6 is 0 Å². The summed E-state index contributed by atoms with van der Waals surface area (Å²) in [5, 5.41) is 21.3. The maximum absolute atomic E-state index is 12.7. The van der Waals surface area contributed by atoms with Crippen LogP contribution in [0.5, 0.6) is 0 Å². The van der Waals surface area contributed by atoms with Crippen molar-refractivity contribution in [3.8, 4) is 0 Å². The molecule has 0 saturated carbocycles. The van der Waals surface area contributed by atoms with Gasteiger partial charge in [-0.05, 0) is 25.0 Å². The lowest BCUT2D eigenvalue weighted by Gasteiger charge is -2.23. The van der Waals surface area contributed by atoms with E-state index in [0.29, 0.717) is 26.1 Å². The third-order valence-electron chi connectivity index (χ3n) is 5.07. The summed E-state index contributed by atoms with van der Waals surface area (Å²) in [5.74, 6) is -1.34. The van der Waals surface area contributed by atoms with Gasteiger partial charge >= 0.3 is 12.2 Å². The van der Waals surface area contributed by atoms with Gasteiger partial charge in [0.25, 0.3) is 11.8 Å². The summed E-state index contributed by atoms with van der Waals surface area (Å²) in [7, 11) is 0. The molecule has 3 aromatic heterocycles. The fourth-order valence-electron chi connectivity index (χ4n) is 3.50. The molecular formula is C19H20N8O7. The van der Waals surface area contributed by atoms with Crippen LogP contribution < -0.4 is 15.6 Å². The first-order valence-electron chi connectivity index (χ1n) is 10.1. The zero-order valence-electron chi connectivity index (χ0n) is 17.6. The van der Waals surface area contributed by atoms with Gasteiger partial charge in [-0.1, -0.05) is 0 Å². The van der Waals surface area contributed by atoms with E-state index in [4.69, 9.17) is 4.74 Å². The summed E-state index contributed by atoms with van der Waals surface area (Å²) in [6.07, 6.45) is 1.57. The minimum atomic E-state index is -1.76. The number of hydrogen-bond donors (Lipinski definition) is 4. The fraction of sp³-hybridized carbons (Fsp3) is 0.316. The van der Waals surface area contributed by atoms with Crippen LogP contribution in [0.3, 0.4) is 0 Å². The van der Waals surface area contributed by atoms with Crippen LogP contribution in [-0.2, 0) is 16.1 Å². The van der Waals surface area contributed by atoms with Crippen molar-refractivity contribution in [3.05, 3.63) is 36.7 Å². The number of carbonyl (C=O) groups is 4. The van der Waals surface area contributed by atoms with Gasteiger partial charge in [-0.25, -0.2) is 24.5 Å². The number of carboxylic acid groups (broad SMARTS) is 2. The lowest BCUT2D eigenvalue weighted by atomic mass is 10.1. The molecule has 34 heavy (non-hydrogen) atoms. The highest BCUT2D eigenvalue weighted by molar-refractivity contribution is 6.11. The number of amides is 4. The number of nitrogens with one attached hydrogen (secondary N) is 2. The minimum absolute atomic E-state index is 0.00454. The number of imidazole rings is 1. The molecule has 15 heteroatoms. The van der Waals surface area contributed by atoms with Gasteiger partial charge in [0.15, 0.2) is 17.0 Å². The van der Waals surface area contributed by atoms with E-state index >= 15 is 0 Å². The Balaban J connectivity index is 1.48. The Kier molecular flexibility index (Phi) is 6.35. The zero-order chi connectivity index (χ0) is 24.2. The van der Waals surface area contributed by atoms with Gasteiger partial charge in [-0.15, -0.1) is 0 Å². The van der Waals surface area contributed by atoms with E-state index in [1.165, 1.54) is 21.8 Å². The van der Waals surface area contributed by atoms with E-state index in [9.17, 15) is 29.4 Å². The first-order chi connectivity index (χ1) is 16.3. The lowest BCUT2D eigenvalue weighted by molar-refractivity contribution is -0.117. The van der Waals surface area contributed by atoms with E-state index < -0.39 is 23.9 Å². The van der Waals surface area contributed by atoms with Crippen molar-refractivity contribution in [1.29, 1.82) is 0 Å². The lowest BCUT2D eigenvalue weighted by Crippen LogP contribution is -2.40. The normalized spacial score (nSPS) is 14.0. The molecule has 0 spiro atoms. The summed E-state index contributed by atoms with van der Waals surface area (Å²) < 4.78 is 7.86. The van der Waals surface area contributed by atoms with Gasteiger partial charge < -0.3 is 24.8 Å². The summed E-state index contributed by atoms with van der Waals surface area (Å²) in [4.78, 5) is 59.5. The molecule has 3 aromatic rings. The SMILES string of the molecule is O=C(Cn1cnc2c(N(C(=O)O)C(=O)O)ncnc21)Nn1cccc1C(=O)NC1CCOCC1. The molecule has 4 N–H and O–H groups in total. The molecule has 0 unspecified atom stereocenters. The van der Waals surface area contributed by atoms with Gasteiger partial charge in [0.2, 0.25) is 0 Å². The van der Waals surface area contributed by atoms with Crippen LogP contribution in [0.1, 0.15) is 23.3 Å². The van der Waals surface area contributed by atoms with Crippen molar-refractivity contribution in [1.82, 2.24) is 29.5 Å². The number of rotatable bonds is 6. The van der Waals surface area contributed by atoms with Crippen molar-refractivity contribution in [2.75, 3.05) is 23.5 Å². The van der Waals surface area contributed by atoms with Crippen LogP contribution in [-0.4, -0.2) is 77.7 Å². The molecule has 1 saturated heterocycles. The molecule has 178 valence electrons. The van der Waals surface area contributed by atoms with Crippen molar-refractivity contribution in [2.24, 2.45) is 0 Å². The number of aromatic nitrogens is 5. The Morgan fingerprint density at radius 3 is 2.56 bits per heavy atom. The Labute approximate surface area is 190 Å². The summed E-state index contributed by atoms with van der Waals surface area (Å²) in [6.45, 7) is 0.847. The second kappa shape index (κ2) is 9.53. The third kappa shape index (κ3) is 4.63. The van der Waals surface area contributed by atoms with E-state index in [0.717, 1.165) is 6.33 Å². The van der Waals surface area contributed by atoms with E-state index in [1.807, 2.05) is 0 Å². The first-order valence-corrected chi connectivity index (χ1v) is 10.1. The highest BCUT2D eigenvalue weighted by Gasteiger charge is 2.28. The molecule has 15 nitrogen and oxygen atoms in total. The van der Waals surface area contributed by atoms with E-state index in [-0.39, 0.29) is 40.3 Å². The average molecular weight is 472 g/mol. The van der Waals surface area contributed by atoms with Crippen molar-refractivity contribution >= 4 is 41.0 Å². The summed E-state index contributed by atoms with van der Waals surface area (Å²) in [6, 6.07) is 3.16. The highest BCUT2D eigenvalue weighted by atomic mass is 16.5. The van der Waals surface area contributed by atoms with Gasteiger partial charge in [-0.2, -0.15) is 4.90 Å². The summed E-state index contributed by atoms with van der Waals surface area (Å²) in [5.41, 5.74) is 2.76. The molecule has 4 amide bonds. The maximum atomic E-state index is 12.7. The van der Waals surface area contributed by atoms with Gasteiger partial charge in [0.05, 0.1) is 6.33 Å². The smallest absolute Gasteiger partial charge is 0.422 e. The Morgan fingerprint density at radius 2 is 1.85 bits per heavy atom. The standard InChI is InChI=1S/C19H20N8O7/c28-13(24-26-5-1-2-12(26)17(29)23-11-3-6-34-7-4-11)8-25-10-22-14-15(25)20-9-21-16(14)27(18(30)31)19(32)33/h1-2,5,9-11H,3-4,6-8H2,(H,23,29)(H,24,28)(H,30,31)(H,32,33). The van der Waals surface area contributed by atoms with Crippen LogP contribution in [0.2, 0.25) is 0 Å².